The number of morpholine rings is 1. The summed E-state index contributed by atoms with van der Waals surface area (Å²) in [5, 5.41) is 3.37. The zero-order valence-corrected chi connectivity index (χ0v) is 9.95. The molecular formula is C13H19NO2. The molecule has 16 heavy (non-hydrogen) atoms. The maximum absolute atomic E-state index is 5.81. The van der Waals surface area contributed by atoms with Crippen molar-refractivity contribution in [1.82, 2.24) is 5.32 Å². The van der Waals surface area contributed by atoms with E-state index in [1.54, 1.807) is 0 Å². The summed E-state index contributed by atoms with van der Waals surface area (Å²) >= 11 is 0. The molecule has 0 aliphatic carbocycles. The first-order valence-electron chi connectivity index (χ1n) is 5.77. The summed E-state index contributed by atoms with van der Waals surface area (Å²) in [5.74, 6) is 0.979. The Morgan fingerprint density at radius 3 is 3.06 bits per heavy atom. The van der Waals surface area contributed by atoms with Crippen molar-refractivity contribution in [3.63, 3.8) is 0 Å². The van der Waals surface area contributed by atoms with Crippen molar-refractivity contribution in [2.75, 3.05) is 26.4 Å². The number of hydrogen-bond donors (Lipinski definition) is 1. The molecule has 2 rings (SSSR count). The number of ether oxygens (including phenoxy) is 2. The highest BCUT2D eigenvalue weighted by atomic mass is 16.5. The standard InChI is InChI=1S/C13H19NO2/c1-10-3-4-11(2)13(7-10)16-9-12-8-15-6-5-14-12/h3-4,7,12,14H,5-6,8-9H2,1-2H3. The molecule has 1 saturated heterocycles. The lowest BCUT2D eigenvalue weighted by molar-refractivity contribution is 0.0591. The average Bonchev–Trinajstić information content (AvgIpc) is 2.32. The van der Waals surface area contributed by atoms with Crippen LogP contribution in [0.1, 0.15) is 11.1 Å². The minimum absolute atomic E-state index is 0.314. The number of nitrogens with one attached hydrogen (secondary N) is 1. The van der Waals surface area contributed by atoms with Crippen LogP contribution < -0.4 is 10.1 Å². The Morgan fingerprint density at radius 2 is 2.31 bits per heavy atom. The molecule has 1 fully saturated rings. The minimum Gasteiger partial charge on any atom is -0.492 e. The molecule has 0 aromatic heterocycles. The molecule has 1 aromatic carbocycles. The Labute approximate surface area is 96.8 Å². The SMILES string of the molecule is Cc1ccc(C)c(OCC2COCCN2)c1. The van der Waals surface area contributed by atoms with Crippen LogP contribution in [0.15, 0.2) is 18.2 Å². The highest BCUT2D eigenvalue weighted by molar-refractivity contribution is 5.35. The van der Waals surface area contributed by atoms with Gasteiger partial charge in [-0.15, -0.1) is 0 Å². The topological polar surface area (TPSA) is 30.5 Å². The van der Waals surface area contributed by atoms with Crippen LogP contribution >= 0.6 is 0 Å². The Hall–Kier alpha value is -1.06. The van der Waals surface area contributed by atoms with Gasteiger partial charge < -0.3 is 14.8 Å². The molecule has 3 nitrogen and oxygen atoms in total. The lowest BCUT2D eigenvalue weighted by atomic mass is 10.1. The van der Waals surface area contributed by atoms with Gasteiger partial charge in [-0.25, -0.2) is 0 Å². The molecule has 1 atom stereocenters. The third kappa shape index (κ3) is 2.97. The van der Waals surface area contributed by atoms with Crippen LogP contribution in [0.2, 0.25) is 0 Å². The molecule has 0 amide bonds. The van der Waals surface area contributed by atoms with Gasteiger partial charge in [-0.3, -0.25) is 0 Å². The van der Waals surface area contributed by atoms with Crippen molar-refractivity contribution in [2.24, 2.45) is 0 Å². The van der Waals surface area contributed by atoms with Gasteiger partial charge in [0.05, 0.1) is 19.3 Å². The van der Waals surface area contributed by atoms with Gasteiger partial charge in [0.25, 0.3) is 0 Å². The number of benzene rings is 1. The molecule has 0 bridgehead atoms. The van der Waals surface area contributed by atoms with E-state index < -0.39 is 0 Å². The highest BCUT2D eigenvalue weighted by Gasteiger charge is 2.13. The molecular weight excluding hydrogens is 202 g/mol. The van der Waals surface area contributed by atoms with E-state index in [-0.39, 0.29) is 0 Å². The third-order valence-corrected chi connectivity index (χ3v) is 2.78. The molecule has 1 aliphatic heterocycles. The smallest absolute Gasteiger partial charge is 0.122 e. The fourth-order valence-electron chi connectivity index (χ4n) is 1.78. The maximum atomic E-state index is 5.81. The Bertz CT molecular complexity index is 346. The van der Waals surface area contributed by atoms with Crippen LogP contribution in [0, 0.1) is 13.8 Å². The van der Waals surface area contributed by atoms with Gasteiger partial charge >= 0.3 is 0 Å². The summed E-state index contributed by atoms with van der Waals surface area (Å²) in [5.41, 5.74) is 2.41. The molecule has 0 radical (unpaired) electrons. The molecule has 1 aromatic rings. The van der Waals surface area contributed by atoms with Gasteiger partial charge in [-0.2, -0.15) is 0 Å². The van der Waals surface area contributed by atoms with Crippen molar-refractivity contribution in [1.29, 1.82) is 0 Å². The second-order valence-electron chi connectivity index (χ2n) is 4.31. The molecule has 3 heteroatoms. The van der Waals surface area contributed by atoms with Crippen LogP contribution in [0.4, 0.5) is 0 Å². The van der Waals surface area contributed by atoms with E-state index in [4.69, 9.17) is 9.47 Å². The van der Waals surface area contributed by atoms with Crippen molar-refractivity contribution in [3.05, 3.63) is 29.3 Å². The second-order valence-corrected chi connectivity index (χ2v) is 4.31. The Balaban J connectivity index is 1.90. The summed E-state index contributed by atoms with van der Waals surface area (Å²) in [6, 6.07) is 6.59. The van der Waals surface area contributed by atoms with Crippen LogP contribution in [-0.4, -0.2) is 32.4 Å². The lowest BCUT2D eigenvalue weighted by Gasteiger charge is -2.24. The molecule has 1 heterocycles. The van der Waals surface area contributed by atoms with E-state index >= 15 is 0 Å². The number of hydrogen-bond acceptors (Lipinski definition) is 3. The van der Waals surface area contributed by atoms with Crippen molar-refractivity contribution < 1.29 is 9.47 Å². The highest BCUT2D eigenvalue weighted by Crippen LogP contribution is 2.19. The number of rotatable bonds is 3. The van der Waals surface area contributed by atoms with Crippen LogP contribution in [0.3, 0.4) is 0 Å². The molecule has 88 valence electrons. The van der Waals surface area contributed by atoms with Crippen LogP contribution in [0.5, 0.6) is 5.75 Å². The monoisotopic (exact) mass is 221 g/mol. The predicted molar refractivity (Wildman–Crippen MR) is 64.0 cm³/mol. The first-order valence-corrected chi connectivity index (χ1v) is 5.77. The van der Waals surface area contributed by atoms with Gasteiger partial charge in [-0.05, 0) is 31.0 Å². The maximum Gasteiger partial charge on any atom is 0.122 e. The van der Waals surface area contributed by atoms with E-state index in [1.807, 2.05) is 0 Å². The van der Waals surface area contributed by atoms with Crippen LogP contribution in [-0.2, 0) is 4.74 Å². The Morgan fingerprint density at radius 1 is 1.44 bits per heavy atom. The zero-order valence-electron chi connectivity index (χ0n) is 9.95. The first-order chi connectivity index (χ1) is 7.75. The van der Waals surface area contributed by atoms with Gasteiger partial charge in [0.2, 0.25) is 0 Å². The quantitative estimate of drug-likeness (QED) is 0.842. The van der Waals surface area contributed by atoms with Crippen molar-refractivity contribution >= 4 is 0 Å². The normalized spacial score (nSPS) is 20.8. The van der Waals surface area contributed by atoms with E-state index in [0.717, 1.165) is 25.5 Å². The minimum atomic E-state index is 0.314. The fraction of sp³-hybridized carbons (Fsp3) is 0.538. The van der Waals surface area contributed by atoms with Gasteiger partial charge in [0, 0.05) is 6.54 Å². The molecule has 1 N–H and O–H groups in total. The van der Waals surface area contributed by atoms with Gasteiger partial charge in [0.15, 0.2) is 0 Å². The third-order valence-electron chi connectivity index (χ3n) is 2.78. The summed E-state index contributed by atoms with van der Waals surface area (Å²) in [6.07, 6.45) is 0. The van der Waals surface area contributed by atoms with E-state index in [1.165, 1.54) is 11.1 Å². The van der Waals surface area contributed by atoms with E-state index in [2.05, 4.69) is 37.4 Å². The van der Waals surface area contributed by atoms with Crippen molar-refractivity contribution in [2.45, 2.75) is 19.9 Å². The summed E-state index contributed by atoms with van der Waals surface area (Å²) in [7, 11) is 0. The van der Waals surface area contributed by atoms with Crippen LogP contribution in [0.25, 0.3) is 0 Å². The zero-order chi connectivity index (χ0) is 11.4. The predicted octanol–water partition coefficient (Wildman–Crippen LogP) is 1.67. The van der Waals surface area contributed by atoms with Gasteiger partial charge in [0.1, 0.15) is 12.4 Å². The Kier molecular flexibility index (Phi) is 3.80. The largest absolute Gasteiger partial charge is 0.492 e. The molecule has 0 saturated carbocycles. The summed E-state index contributed by atoms with van der Waals surface area (Å²) in [4.78, 5) is 0. The molecule has 0 spiro atoms. The summed E-state index contributed by atoms with van der Waals surface area (Å²) in [6.45, 7) is 7.28. The molecule has 1 unspecified atom stereocenters. The lowest BCUT2D eigenvalue weighted by Crippen LogP contribution is -2.44. The molecule has 1 aliphatic rings. The van der Waals surface area contributed by atoms with Gasteiger partial charge in [-0.1, -0.05) is 12.1 Å². The first kappa shape index (κ1) is 11.4. The fourth-order valence-corrected chi connectivity index (χ4v) is 1.78. The average molecular weight is 221 g/mol. The van der Waals surface area contributed by atoms with Crippen molar-refractivity contribution in [3.8, 4) is 5.75 Å². The second kappa shape index (κ2) is 5.32. The van der Waals surface area contributed by atoms with E-state index in [0.29, 0.717) is 12.6 Å². The van der Waals surface area contributed by atoms with E-state index in [9.17, 15) is 0 Å². The summed E-state index contributed by atoms with van der Waals surface area (Å²) < 4.78 is 11.2. The number of aryl methyl sites for hydroxylation is 2.